The van der Waals surface area contributed by atoms with Crippen LogP contribution in [0.15, 0.2) is 49.1 Å². The number of imidazole rings is 1. The number of rotatable bonds is 5. The van der Waals surface area contributed by atoms with E-state index in [1.807, 2.05) is 12.3 Å². The lowest BCUT2D eigenvalue weighted by Gasteiger charge is -2.28. The minimum Gasteiger partial charge on any atom is -0.335 e. The molecule has 0 N–H and O–H groups in total. The van der Waals surface area contributed by atoms with Gasteiger partial charge in [0.1, 0.15) is 17.3 Å². The van der Waals surface area contributed by atoms with Crippen molar-refractivity contribution in [2.75, 3.05) is 13.6 Å². The maximum Gasteiger partial charge on any atom is 0.149 e. The minimum atomic E-state index is -0.240. The Kier molecular flexibility index (Phi) is 4.36. The first kappa shape index (κ1) is 16.0. The summed E-state index contributed by atoms with van der Waals surface area (Å²) < 4.78 is 18.2. The SMILES string of the molecule is CN(Cc1ccc(-n2cccn2)c(F)c1)CC1CCc2nccn2C1. The molecule has 25 heavy (non-hydrogen) atoms. The molecule has 5 nitrogen and oxygen atoms in total. The van der Waals surface area contributed by atoms with Gasteiger partial charge in [0, 0.05) is 50.8 Å². The molecule has 3 heterocycles. The highest BCUT2D eigenvalue weighted by atomic mass is 19.1. The Balaban J connectivity index is 1.38. The summed E-state index contributed by atoms with van der Waals surface area (Å²) in [5, 5.41) is 4.09. The van der Waals surface area contributed by atoms with Crippen LogP contribution in [0.4, 0.5) is 4.39 Å². The molecule has 0 amide bonds. The number of hydrogen-bond acceptors (Lipinski definition) is 3. The molecule has 1 unspecified atom stereocenters. The van der Waals surface area contributed by atoms with Crippen molar-refractivity contribution in [2.24, 2.45) is 5.92 Å². The molecule has 0 saturated carbocycles. The third kappa shape index (κ3) is 3.49. The Labute approximate surface area is 146 Å². The lowest BCUT2D eigenvalue weighted by atomic mass is 9.98. The van der Waals surface area contributed by atoms with Crippen molar-refractivity contribution < 1.29 is 4.39 Å². The van der Waals surface area contributed by atoms with Gasteiger partial charge in [0.2, 0.25) is 0 Å². The molecule has 2 aromatic heterocycles. The van der Waals surface area contributed by atoms with E-state index < -0.39 is 0 Å². The molecule has 0 saturated heterocycles. The van der Waals surface area contributed by atoms with Crippen molar-refractivity contribution in [3.05, 3.63) is 66.3 Å². The van der Waals surface area contributed by atoms with Crippen LogP contribution in [-0.2, 0) is 19.5 Å². The monoisotopic (exact) mass is 339 g/mol. The van der Waals surface area contributed by atoms with Gasteiger partial charge in [-0.05, 0) is 43.1 Å². The summed E-state index contributed by atoms with van der Waals surface area (Å²) in [5.74, 6) is 1.56. The highest BCUT2D eigenvalue weighted by Crippen LogP contribution is 2.21. The quantitative estimate of drug-likeness (QED) is 0.717. The number of nitrogens with zero attached hydrogens (tertiary/aromatic N) is 5. The van der Waals surface area contributed by atoms with Gasteiger partial charge in [0.15, 0.2) is 0 Å². The first-order valence-electron chi connectivity index (χ1n) is 8.66. The second-order valence-corrected chi connectivity index (χ2v) is 6.83. The number of hydrogen-bond donors (Lipinski definition) is 0. The molecule has 0 radical (unpaired) electrons. The lowest BCUT2D eigenvalue weighted by Crippen LogP contribution is -2.31. The molecule has 4 rings (SSSR count). The van der Waals surface area contributed by atoms with Crippen molar-refractivity contribution >= 4 is 0 Å². The van der Waals surface area contributed by atoms with E-state index in [4.69, 9.17) is 0 Å². The fourth-order valence-corrected chi connectivity index (χ4v) is 3.65. The molecular weight excluding hydrogens is 317 g/mol. The number of fused-ring (bicyclic) bond motifs is 1. The number of benzene rings is 1. The van der Waals surface area contributed by atoms with Crippen molar-refractivity contribution in [2.45, 2.75) is 25.9 Å². The molecule has 0 aliphatic carbocycles. The average Bonchev–Trinajstić information content (AvgIpc) is 3.25. The summed E-state index contributed by atoms with van der Waals surface area (Å²) in [6, 6.07) is 7.18. The summed E-state index contributed by atoms with van der Waals surface area (Å²) in [6.07, 6.45) is 9.54. The van der Waals surface area contributed by atoms with Crippen LogP contribution in [0.25, 0.3) is 5.69 Å². The lowest BCUT2D eigenvalue weighted by molar-refractivity contribution is 0.229. The van der Waals surface area contributed by atoms with E-state index in [-0.39, 0.29) is 5.82 Å². The van der Waals surface area contributed by atoms with Crippen LogP contribution in [0.1, 0.15) is 17.8 Å². The Hall–Kier alpha value is -2.47. The zero-order valence-electron chi connectivity index (χ0n) is 14.3. The van der Waals surface area contributed by atoms with Gasteiger partial charge in [-0.25, -0.2) is 14.1 Å². The molecule has 0 fully saturated rings. The van der Waals surface area contributed by atoms with Crippen molar-refractivity contribution in [3.8, 4) is 5.69 Å². The number of aromatic nitrogens is 4. The summed E-state index contributed by atoms with van der Waals surface area (Å²) in [6.45, 7) is 2.76. The molecular formula is C19H22FN5. The molecule has 0 bridgehead atoms. The number of aryl methyl sites for hydroxylation is 1. The Morgan fingerprint density at radius 1 is 1.28 bits per heavy atom. The van der Waals surface area contributed by atoms with Gasteiger partial charge < -0.3 is 9.47 Å². The Morgan fingerprint density at radius 2 is 2.20 bits per heavy atom. The van der Waals surface area contributed by atoms with Gasteiger partial charge in [-0.1, -0.05) is 6.07 Å². The molecule has 3 aromatic rings. The maximum atomic E-state index is 14.4. The molecule has 1 aromatic carbocycles. The smallest absolute Gasteiger partial charge is 0.149 e. The van der Waals surface area contributed by atoms with Crippen molar-refractivity contribution in [3.63, 3.8) is 0 Å². The molecule has 1 aliphatic rings. The standard InChI is InChI=1S/C19H22FN5/c1-23(13-16-4-6-19-21-8-10-24(19)14-16)12-15-3-5-18(17(20)11-15)25-9-2-7-22-25/h2-3,5,7-11,16H,4,6,12-14H2,1H3. The first-order chi connectivity index (χ1) is 12.2. The van der Waals surface area contributed by atoms with Crippen LogP contribution in [0.2, 0.25) is 0 Å². The topological polar surface area (TPSA) is 38.9 Å². The molecule has 0 spiro atoms. The largest absolute Gasteiger partial charge is 0.335 e. The Bertz CT molecular complexity index is 839. The third-order valence-corrected chi connectivity index (χ3v) is 4.82. The molecule has 1 aliphatic heterocycles. The summed E-state index contributed by atoms with van der Waals surface area (Å²) >= 11 is 0. The highest BCUT2D eigenvalue weighted by molar-refractivity contribution is 5.35. The third-order valence-electron chi connectivity index (χ3n) is 4.82. The van der Waals surface area contributed by atoms with Crippen LogP contribution < -0.4 is 0 Å². The van der Waals surface area contributed by atoms with Crippen molar-refractivity contribution in [1.29, 1.82) is 0 Å². The van der Waals surface area contributed by atoms with E-state index in [9.17, 15) is 4.39 Å². The van der Waals surface area contributed by atoms with Crippen molar-refractivity contribution in [1.82, 2.24) is 24.2 Å². The molecule has 130 valence electrons. The average molecular weight is 339 g/mol. The zero-order chi connectivity index (χ0) is 17.2. The predicted octanol–water partition coefficient (Wildman–Crippen LogP) is 2.90. The molecule has 6 heteroatoms. The normalized spacial score (nSPS) is 17.0. The van der Waals surface area contributed by atoms with E-state index in [1.54, 1.807) is 35.3 Å². The van der Waals surface area contributed by atoms with Gasteiger partial charge in [0.25, 0.3) is 0 Å². The van der Waals surface area contributed by atoms with Crippen LogP contribution in [0, 0.1) is 11.7 Å². The van der Waals surface area contributed by atoms with E-state index in [0.29, 0.717) is 11.6 Å². The van der Waals surface area contributed by atoms with Gasteiger partial charge in [-0.3, -0.25) is 0 Å². The van der Waals surface area contributed by atoms with Crippen LogP contribution in [0.3, 0.4) is 0 Å². The van der Waals surface area contributed by atoms with Crippen LogP contribution >= 0.6 is 0 Å². The van der Waals surface area contributed by atoms with Gasteiger partial charge in [0.05, 0.1) is 0 Å². The fourth-order valence-electron chi connectivity index (χ4n) is 3.65. The van der Waals surface area contributed by atoms with E-state index in [1.165, 1.54) is 5.82 Å². The minimum absolute atomic E-state index is 0.240. The Morgan fingerprint density at radius 3 is 3.00 bits per heavy atom. The zero-order valence-corrected chi connectivity index (χ0v) is 14.3. The van der Waals surface area contributed by atoms with Crippen LogP contribution in [-0.4, -0.2) is 37.8 Å². The molecule has 1 atom stereocenters. The highest BCUT2D eigenvalue weighted by Gasteiger charge is 2.20. The maximum absolute atomic E-state index is 14.4. The van der Waals surface area contributed by atoms with Crippen LogP contribution in [0.5, 0.6) is 0 Å². The predicted molar refractivity (Wildman–Crippen MR) is 93.9 cm³/mol. The van der Waals surface area contributed by atoms with Gasteiger partial charge >= 0.3 is 0 Å². The van der Waals surface area contributed by atoms with E-state index >= 15 is 0 Å². The summed E-state index contributed by atoms with van der Waals surface area (Å²) in [4.78, 5) is 6.65. The fraction of sp³-hybridized carbons (Fsp3) is 0.368. The van der Waals surface area contributed by atoms with Gasteiger partial charge in [-0.2, -0.15) is 5.10 Å². The number of halogens is 1. The van der Waals surface area contributed by atoms with Gasteiger partial charge in [-0.15, -0.1) is 0 Å². The first-order valence-corrected chi connectivity index (χ1v) is 8.66. The summed E-state index contributed by atoms with van der Waals surface area (Å²) in [7, 11) is 2.10. The summed E-state index contributed by atoms with van der Waals surface area (Å²) in [5.41, 5.74) is 1.46. The second-order valence-electron chi connectivity index (χ2n) is 6.83. The second kappa shape index (κ2) is 6.80. The van der Waals surface area contributed by atoms with E-state index in [2.05, 4.69) is 32.8 Å². The van der Waals surface area contributed by atoms with E-state index in [0.717, 1.165) is 38.0 Å².